The Balaban J connectivity index is 1.06. The van der Waals surface area contributed by atoms with Crippen molar-refractivity contribution in [2.75, 3.05) is 0 Å². The van der Waals surface area contributed by atoms with Crippen LogP contribution < -0.4 is 0 Å². The summed E-state index contributed by atoms with van der Waals surface area (Å²) in [6.45, 7) is 0. The van der Waals surface area contributed by atoms with Crippen LogP contribution in [0.1, 0.15) is 0 Å². The van der Waals surface area contributed by atoms with E-state index in [-0.39, 0.29) is 0 Å². The van der Waals surface area contributed by atoms with Gasteiger partial charge in [-0.25, -0.2) is 15.0 Å². The number of nitrogens with zero attached hydrogens (tertiary/aromatic N) is 3. The summed E-state index contributed by atoms with van der Waals surface area (Å²) in [5.74, 6) is 1.76. The molecule has 0 N–H and O–H groups in total. The number of hydrogen-bond acceptors (Lipinski definition) is 5. The summed E-state index contributed by atoms with van der Waals surface area (Å²) < 4.78 is 12.8. The van der Waals surface area contributed by atoms with Crippen molar-refractivity contribution in [3.05, 3.63) is 188 Å². The Morgan fingerprint density at radius 2 is 0.810 bits per heavy atom. The first-order valence-electron chi connectivity index (χ1n) is 19.4. The fraction of sp³-hybridized carbons (Fsp3) is 0. The number of benzene rings is 9. The second-order valence-electron chi connectivity index (χ2n) is 14.8. The van der Waals surface area contributed by atoms with E-state index in [9.17, 15) is 0 Å². The number of rotatable bonds is 5. The predicted octanol–water partition coefficient (Wildman–Crippen LogP) is 14.3. The first kappa shape index (κ1) is 32.4. The minimum absolute atomic E-state index is 0.576. The van der Waals surface area contributed by atoms with E-state index in [1.54, 1.807) is 0 Å². The van der Waals surface area contributed by atoms with Crippen LogP contribution in [-0.4, -0.2) is 15.0 Å². The Labute approximate surface area is 332 Å². The van der Waals surface area contributed by atoms with Gasteiger partial charge in [0.05, 0.1) is 0 Å². The van der Waals surface area contributed by atoms with Gasteiger partial charge in [-0.2, -0.15) is 0 Å². The highest BCUT2D eigenvalue weighted by atomic mass is 16.3. The molecule has 5 heteroatoms. The summed E-state index contributed by atoms with van der Waals surface area (Å²) in [6.07, 6.45) is 0. The van der Waals surface area contributed by atoms with Gasteiger partial charge in [-0.1, -0.05) is 140 Å². The summed E-state index contributed by atoms with van der Waals surface area (Å²) in [5.41, 5.74) is 10.6. The van der Waals surface area contributed by atoms with Gasteiger partial charge in [0.15, 0.2) is 17.5 Å². The van der Waals surface area contributed by atoms with Crippen LogP contribution in [0.2, 0.25) is 0 Å². The fourth-order valence-electron chi connectivity index (χ4n) is 8.45. The van der Waals surface area contributed by atoms with E-state index in [0.29, 0.717) is 17.5 Å². The third-order valence-corrected chi connectivity index (χ3v) is 11.3. The third-order valence-electron chi connectivity index (χ3n) is 11.3. The minimum atomic E-state index is 0.576. The monoisotopic (exact) mass is 741 g/mol. The van der Waals surface area contributed by atoms with Crippen LogP contribution in [-0.2, 0) is 0 Å². The first-order valence-corrected chi connectivity index (χ1v) is 19.4. The Hall–Kier alpha value is -7.89. The minimum Gasteiger partial charge on any atom is -0.456 e. The van der Waals surface area contributed by atoms with Crippen LogP contribution in [0.3, 0.4) is 0 Å². The highest BCUT2D eigenvalue weighted by Crippen LogP contribution is 2.40. The normalized spacial score (nSPS) is 11.8. The molecule has 0 aliphatic rings. The maximum Gasteiger partial charge on any atom is 0.164 e. The third kappa shape index (κ3) is 5.29. The number of para-hydroxylation sites is 1. The summed E-state index contributed by atoms with van der Waals surface area (Å²) in [7, 11) is 0. The van der Waals surface area contributed by atoms with E-state index in [1.165, 1.54) is 11.1 Å². The zero-order valence-electron chi connectivity index (χ0n) is 31.1. The molecule has 12 aromatic rings. The lowest BCUT2D eigenvalue weighted by atomic mass is 9.99. The van der Waals surface area contributed by atoms with E-state index >= 15 is 0 Å². The summed E-state index contributed by atoms with van der Waals surface area (Å²) in [6, 6.07) is 65.2. The molecule has 9 aromatic carbocycles. The zero-order valence-corrected chi connectivity index (χ0v) is 31.1. The molecule has 0 fully saturated rings. The largest absolute Gasteiger partial charge is 0.456 e. The number of aromatic nitrogens is 3. The summed E-state index contributed by atoms with van der Waals surface area (Å²) in [5, 5.41) is 8.60. The first-order chi connectivity index (χ1) is 28.7. The van der Waals surface area contributed by atoms with Crippen molar-refractivity contribution in [2.24, 2.45) is 0 Å². The van der Waals surface area contributed by atoms with Gasteiger partial charge in [-0.05, 0) is 92.3 Å². The lowest BCUT2D eigenvalue weighted by molar-refractivity contribution is 0.669. The molecule has 58 heavy (non-hydrogen) atoms. The highest BCUT2D eigenvalue weighted by Gasteiger charge is 2.20. The van der Waals surface area contributed by atoms with Gasteiger partial charge < -0.3 is 8.83 Å². The van der Waals surface area contributed by atoms with Crippen LogP contribution in [0.4, 0.5) is 0 Å². The fourth-order valence-corrected chi connectivity index (χ4v) is 8.45. The number of furan rings is 2. The van der Waals surface area contributed by atoms with E-state index < -0.39 is 0 Å². The predicted molar refractivity (Wildman–Crippen MR) is 237 cm³/mol. The standard InChI is InChI=1S/C53H31N3O2/c1-3-10-32(11-4-1)35-19-20-37-29-39(23-21-36(37)28-35)51-54-52(40-22-18-34-25-27-47-50(44(34)30-40)41-14-7-8-16-45(41)57-47)56-53(55-51)43-15-9-17-46-49(43)42-26-24-38(31-48(42)58-46)33-12-5-2-6-13-33/h1-31H. The zero-order chi connectivity index (χ0) is 38.2. The Morgan fingerprint density at radius 1 is 0.276 bits per heavy atom. The van der Waals surface area contributed by atoms with Crippen molar-refractivity contribution in [2.45, 2.75) is 0 Å². The molecular weight excluding hydrogens is 711 g/mol. The average Bonchev–Trinajstić information content (AvgIpc) is 3.87. The quantitative estimate of drug-likeness (QED) is 0.176. The van der Waals surface area contributed by atoms with Crippen molar-refractivity contribution in [3.63, 3.8) is 0 Å². The second kappa shape index (κ2) is 12.8. The molecule has 0 aliphatic heterocycles. The smallest absolute Gasteiger partial charge is 0.164 e. The molecule has 0 saturated heterocycles. The van der Waals surface area contributed by atoms with E-state index in [0.717, 1.165) is 93.2 Å². The van der Waals surface area contributed by atoms with Gasteiger partial charge in [-0.15, -0.1) is 0 Å². The van der Waals surface area contributed by atoms with Crippen molar-refractivity contribution >= 4 is 65.4 Å². The second-order valence-corrected chi connectivity index (χ2v) is 14.8. The molecule has 0 saturated carbocycles. The van der Waals surface area contributed by atoms with Crippen LogP contribution in [0.5, 0.6) is 0 Å². The summed E-state index contributed by atoms with van der Waals surface area (Å²) in [4.78, 5) is 15.7. The van der Waals surface area contributed by atoms with E-state index in [4.69, 9.17) is 23.8 Å². The lowest BCUT2D eigenvalue weighted by Crippen LogP contribution is -2.00. The Bertz CT molecular complexity index is 3570. The van der Waals surface area contributed by atoms with Gasteiger partial charge in [0.25, 0.3) is 0 Å². The number of fused-ring (bicyclic) bond motifs is 9. The Morgan fingerprint density at radius 3 is 1.59 bits per heavy atom. The molecule has 0 aliphatic carbocycles. The van der Waals surface area contributed by atoms with Gasteiger partial charge in [0.1, 0.15) is 22.3 Å². The molecule has 12 rings (SSSR count). The van der Waals surface area contributed by atoms with Crippen molar-refractivity contribution in [1.82, 2.24) is 15.0 Å². The molecule has 0 unspecified atom stereocenters. The van der Waals surface area contributed by atoms with Gasteiger partial charge in [0, 0.05) is 38.2 Å². The maximum absolute atomic E-state index is 6.53. The highest BCUT2D eigenvalue weighted by molar-refractivity contribution is 6.19. The van der Waals surface area contributed by atoms with Crippen LogP contribution >= 0.6 is 0 Å². The molecule has 3 heterocycles. The lowest BCUT2D eigenvalue weighted by Gasteiger charge is -2.11. The topological polar surface area (TPSA) is 65.0 Å². The van der Waals surface area contributed by atoms with Gasteiger partial charge in [-0.3, -0.25) is 0 Å². The average molecular weight is 742 g/mol. The molecule has 5 nitrogen and oxygen atoms in total. The molecule has 0 amide bonds. The molecule has 3 aromatic heterocycles. The number of hydrogen-bond donors (Lipinski definition) is 0. The maximum atomic E-state index is 6.53. The summed E-state index contributed by atoms with van der Waals surface area (Å²) >= 11 is 0. The van der Waals surface area contributed by atoms with Crippen molar-refractivity contribution < 1.29 is 8.83 Å². The van der Waals surface area contributed by atoms with E-state index in [1.807, 2.05) is 36.4 Å². The molecule has 0 spiro atoms. The van der Waals surface area contributed by atoms with Crippen LogP contribution in [0, 0.1) is 0 Å². The van der Waals surface area contributed by atoms with Crippen LogP contribution in [0.15, 0.2) is 197 Å². The molecule has 0 radical (unpaired) electrons. The van der Waals surface area contributed by atoms with Gasteiger partial charge in [0.2, 0.25) is 0 Å². The van der Waals surface area contributed by atoms with Crippen LogP contribution in [0.25, 0.3) is 122 Å². The molecule has 0 atom stereocenters. The molecular formula is C53H31N3O2. The molecule has 270 valence electrons. The molecule has 0 bridgehead atoms. The van der Waals surface area contributed by atoms with Crippen molar-refractivity contribution in [3.8, 4) is 56.4 Å². The Kier molecular flexibility index (Phi) is 7.16. The van der Waals surface area contributed by atoms with Crippen molar-refractivity contribution in [1.29, 1.82) is 0 Å². The SMILES string of the molecule is c1ccc(-c2ccc3cc(-c4nc(-c5ccc6ccc7oc8ccccc8c7c6c5)nc(-c5cccc6oc7cc(-c8ccccc8)ccc7c56)n4)ccc3c2)cc1. The van der Waals surface area contributed by atoms with Gasteiger partial charge >= 0.3 is 0 Å². The van der Waals surface area contributed by atoms with E-state index in [2.05, 4.69) is 152 Å².